The molecular weight excluding hydrogens is 384 g/mol. The lowest BCUT2D eigenvalue weighted by Crippen LogP contribution is -2.45. The molecule has 0 unspecified atom stereocenters. The summed E-state index contributed by atoms with van der Waals surface area (Å²) in [6.07, 6.45) is -1.46. The van der Waals surface area contributed by atoms with Crippen LogP contribution in [0.2, 0.25) is 5.02 Å². The Hall–Kier alpha value is -3.06. The van der Waals surface area contributed by atoms with Crippen LogP contribution in [0.4, 0.5) is 11.4 Å². The van der Waals surface area contributed by atoms with Gasteiger partial charge in [0.05, 0.1) is 16.3 Å². The van der Waals surface area contributed by atoms with Crippen molar-refractivity contribution in [1.29, 1.82) is 0 Å². The molecule has 0 saturated carbocycles. The number of carboxylic acid groups (broad SMARTS) is 1. The second kappa shape index (κ2) is 8.31. The van der Waals surface area contributed by atoms with Crippen LogP contribution in [-0.4, -0.2) is 28.9 Å². The summed E-state index contributed by atoms with van der Waals surface area (Å²) in [5.74, 6) is -2.08. The van der Waals surface area contributed by atoms with E-state index in [1.54, 1.807) is 26.8 Å². The third-order valence-corrected chi connectivity index (χ3v) is 4.15. The van der Waals surface area contributed by atoms with Crippen molar-refractivity contribution in [3.63, 3.8) is 0 Å². The highest BCUT2D eigenvalue weighted by molar-refractivity contribution is 6.34. The van der Waals surface area contributed by atoms with Crippen LogP contribution in [0.15, 0.2) is 42.5 Å². The third kappa shape index (κ3) is 5.23. The Morgan fingerprint density at radius 2 is 1.71 bits per heavy atom. The molecule has 2 aromatic rings. The molecule has 7 nitrogen and oxygen atoms in total. The Morgan fingerprint density at radius 1 is 1.11 bits per heavy atom. The average molecular weight is 405 g/mol. The smallest absolute Gasteiger partial charge is 0.335 e. The molecule has 4 N–H and O–H groups in total. The number of benzene rings is 2. The van der Waals surface area contributed by atoms with Crippen LogP contribution >= 0.6 is 11.6 Å². The van der Waals surface area contributed by atoms with Gasteiger partial charge in [-0.3, -0.25) is 9.59 Å². The molecule has 0 radical (unpaired) electrons. The number of ketones is 1. The minimum Gasteiger partial charge on any atom is -0.478 e. The van der Waals surface area contributed by atoms with E-state index >= 15 is 0 Å². The Kier molecular flexibility index (Phi) is 6.30. The maximum absolute atomic E-state index is 12.8. The monoisotopic (exact) mass is 404 g/mol. The summed E-state index contributed by atoms with van der Waals surface area (Å²) < 4.78 is 5.61. The molecule has 1 amide bonds. The van der Waals surface area contributed by atoms with Gasteiger partial charge in [0.15, 0.2) is 5.78 Å². The van der Waals surface area contributed by atoms with Gasteiger partial charge in [-0.05, 0) is 42.5 Å². The minimum atomic E-state index is -1.46. The molecule has 0 fully saturated rings. The quantitative estimate of drug-likeness (QED) is 0.499. The lowest BCUT2D eigenvalue weighted by molar-refractivity contribution is -0.140. The first-order chi connectivity index (χ1) is 13.0. The number of anilines is 2. The van der Waals surface area contributed by atoms with Crippen LogP contribution in [0, 0.1) is 5.41 Å². The zero-order valence-electron chi connectivity index (χ0n) is 15.7. The molecular formula is C20H21ClN2O5. The molecule has 8 heteroatoms. The molecule has 0 aliphatic carbocycles. The van der Waals surface area contributed by atoms with Gasteiger partial charge in [0.1, 0.15) is 5.75 Å². The van der Waals surface area contributed by atoms with E-state index in [1.165, 1.54) is 36.4 Å². The Labute approximate surface area is 167 Å². The number of nitrogen functional groups attached to an aromatic ring is 1. The predicted molar refractivity (Wildman–Crippen MR) is 107 cm³/mol. The van der Waals surface area contributed by atoms with Crippen molar-refractivity contribution in [3.8, 4) is 5.75 Å². The zero-order valence-corrected chi connectivity index (χ0v) is 16.4. The maximum Gasteiger partial charge on any atom is 0.335 e. The Balaban J connectivity index is 2.30. The lowest BCUT2D eigenvalue weighted by Gasteiger charge is -2.25. The molecule has 1 atom stereocenters. The van der Waals surface area contributed by atoms with E-state index in [9.17, 15) is 14.4 Å². The first-order valence-electron chi connectivity index (χ1n) is 8.39. The minimum absolute atomic E-state index is 0.0574. The molecule has 28 heavy (non-hydrogen) atoms. The number of hydrogen-bond donors (Lipinski definition) is 3. The van der Waals surface area contributed by atoms with E-state index < -0.39 is 29.2 Å². The summed E-state index contributed by atoms with van der Waals surface area (Å²) >= 11 is 6.07. The molecule has 0 spiro atoms. The standard InChI is InChI=1S/C20H21ClN2O5/c1-20(2,3)17(24)16(28-13-7-4-11(5-8-13)19(26)27)18(25)23-15-10-12(22)6-9-14(15)21/h4-10,16H,22H2,1-3H3,(H,23,25)(H,26,27)/t16-/m0/s1. The van der Waals surface area contributed by atoms with Gasteiger partial charge in [0.2, 0.25) is 6.10 Å². The van der Waals surface area contributed by atoms with Crippen LogP contribution < -0.4 is 15.8 Å². The van der Waals surface area contributed by atoms with Gasteiger partial charge in [-0.15, -0.1) is 0 Å². The van der Waals surface area contributed by atoms with Crippen molar-refractivity contribution in [2.45, 2.75) is 26.9 Å². The number of rotatable bonds is 6. The predicted octanol–water partition coefficient (Wildman–Crippen LogP) is 3.62. The third-order valence-electron chi connectivity index (χ3n) is 3.82. The maximum atomic E-state index is 12.8. The Morgan fingerprint density at radius 3 is 2.25 bits per heavy atom. The molecule has 0 heterocycles. The summed E-state index contributed by atoms with van der Waals surface area (Å²) in [7, 11) is 0. The van der Waals surface area contributed by atoms with E-state index in [2.05, 4.69) is 5.32 Å². The number of nitrogens with two attached hydrogens (primary N) is 1. The van der Waals surface area contributed by atoms with Gasteiger partial charge in [0.25, 0.3) is 5.91 Å². The molecule has 2 aromatic carbocycles. The lowest BCUT2D eigenvalue weighted by atomic mass is 9.87. The van der Waals surface area contributed by atoms with Crippen molar-refractivity contribution in [2.75, 3.05) is 11.1 Å². The van der Waals surface area contributed by atoms with Crippen LogP contribution in [0.1, 0.15) is 31.1 Å². The van der Waals surface area contributed by atoms with Crippen molar-refractivity contribution >= 4 is 40.6 Å². The van der Waals surface area contributed by atoms with Crippen molar-refractivity contribution < 1.29 is 24.2 Å². The fraction of sp³-hybridized carbons (Fsp3) is 0.250. The van der Waals surface area contributed by atoms with Gasteiger partial charge in [0, 0.05) is 11.1 Å². The highest BCUT2D eigenvalue weighted by Gasteiger charge is 2.37. The van der Waals surface area contributed by atoms with Crippen LogP contribution in [0.25, 0.3) is 0 Å². The molecule has 0 bridgehead atoms. The largest absolute Gasteiger partial charge is 0.478 e. The van der Waals surface area contributed by atoms with Crippen molar-refractivity contribution in [2.24, 2.45) is 5.41 Å². The highest BCUT2D eigenvalue weighted by atomic mass is 35.5. The van der Waals surface area contributed by atoms with Crippen LogP contribution in [0.3, 0.4) is 0 Å². The first-order valence-corrected chi connectivity index (χ1v) is 8.77. The molecule has 0 aliphatic heterocycles. The van der Waals surface area contributed by atoms with Crippen molar-refractivity contribution in [1.82, 2.24) is 0 Å². The number of Topliss-reactive ketones (excluding diaryl/α,β-unsaturated/α-hetero) is 1. The van der Waals surface area contributed by atoms with Crippen molar-refractivity contribution in [3.05, 3.63) is 53.1 Å². The second-order valence-corrected chi connectivity index (χ2v) is 7.58. The first kappa shape index (κ1) is 21.2. The Bertz CT molecular complexity index is 904. The number of amides is 1. The highest BCUT2D eigenvalue weighted by Crippen LogP contribution is 2.26. The number of carbonyl (C=O) groups is 3. The number of halogens is 1. The molecule has 0 aromatic heterocycles. The summed E-state index contributed by atoms with van der Waals surface area (Å²) in [5, 5.41) is 11.8. The van der Waals surface area contributed by atoms with Gasteiger partial charge in [-0.2, -0.15) is 0 Å². The summed E-state index contributed by atoms with van der Waals surface area (Å²) in [5.41, 5.74) is 5.56. The van der Waals surface area contributed by atoms with E-state index in [1.807, 2.05) is 0 Å². The van der Waals surface area contributed by atoms with E-state index in [0.717, 1.165) is 0 Å². The van der Waals surface area contributed by atoms with Gasteiger partial charge in [-0.25, -0.2) is 4.79 Å². The van der Waals surface area contributed by atoms with Gasteiger partial charge in [-0.1, -0.05) is 32.4 Å². The number of nitrogens with one attached hydrogen (secondary N) is 1. The number of carboxylic acids is 1. The number of carbonyl (C=O) groups excluding carboxylic acids is 2. The van der Waals surface area contributed by atoms with Gasteiger partial charge >= 0.3 is 5.97 Å². The second-order valence-electron chi connectivity index (χ2n) is 7.17. The van der Waals surface area contributed by atoms with Gasteiger partial charge < -0.3 is 20.9 Å². The van der Waals surface area contributed by atoms with E-state index in [-0.39, 0.29) is 22.0 Å². The fourth-order valence-electron chi connectivity index (χ4n) is 2.27. The number of aromatic carboxylic acids is 1. The topological polar surface area (TPSA) is 119 Å². The SMILES string of the molecule is CC(C)(C)C(=O)[C@H](Oc1ccc(C(=O)O)cc1)C(=O)Nc1cc(N)ccc1Cl. The average Bonchev–Trinajstić information content (AvgIpc) is 2.61. The molecule has 148 valence electrons. The summed E-state index contributed by atoms with van der Waals surface area (Å²) in [6, 6.07) is 9.99. The van der Waals surface area contributed by atoms with Crippen LogP contribution in [0.5, 0.6) is 5.75 Å². The van der Waals surface area contributed by atoms with E-state index in [4.69, 9.17) is 27.2 Å². The number of ether oxygens (including phenoxy) is 1. The molecule has 2 rings (SSSR count). The van der Waals surface area contributed by atoms with E-state index in [0.29, 0.717) is 5.69 Å². The summed E-state index contributed by atoms with van der Waals surface area (Å²) in [6.45, 7) is 5.00. The van der Waals surface area contributed by atoms with Crippen LogP contribution in [-0.2, 0) is 9.59 Å². The summed E-state index contributed by atoms with van der Waals surface area (Å²) in [4.78, 5) is 36.5. The fourth-order valence-corrected chi connectivity index (χ4v) is 2.43. The number of hydrogen-bond acceptors (Lipinski definition) is 5. The normalized spacial score (nSPS) is 12.1. The molecule has 0 aliphatic rings. The zero-order chi connectivity index (χ0) is 21.1. The molecule has 0 saturated heterocycles.